The van der Waals surface area contributed by atoms with Gasteiger partial charge in [0.2, 0.25) is 11.8 Å². The van der Waals surface area contributed by atoms with Gasteiger partial charge in [0.1, 0.15) is 16.7 Å². The lowest BCUT2D eigenvalue weighted by atomic mass is 10.2. The summed E-state index contributed by atoms with van der Waals surface area (Å²) in [6.07, 6.45) is 0. The summed E-state index contributed by atoms with van der Waals surface area (Å²) in [4.78, 5) is 31.3. The molecule has 0 aliphatic carbocycles. The Bertz CT molecular complexity index is 988. The number of hydrogen-bond donors (Lipinski definition) is 2. The Labute approximate surface area is 179 Å². The van der Waals surface area contributed by atoms with Gasteiger partial charge in [-0.3, -0.25) is 5.32 Å². The van der Waals surface area contributed by atoms with Crippen molar-refractivity contribution in [2.24, 2.45) is 0 Å². The Balaban J connectivity index is 2.21. The number of benzene rings is 1. The van der Waals surface area contributed by atoms with Gasteiger partial charge in [-0.25, -0.2) is 27.7 Å². The lowest BCUT2D eigenvalue weighted by Crippen LogP contribution is -2.35. The summed E-state index contributed by atoms with van der Waals surface area (Å²) in [5.41, 5.74) is -0.201. The number of halogens is 2. The third-order valence-corrected chi connectivity index (χ3v) is 5.06. The van der Waals surface area contributed by atoms with Crippen LogP contribution in [-0.4, -0.2) is 48.5 Å². The largest absolute Gasteiger partial charge is 0.481 e. The summed E-state index contributed by atoms with van der Waals surface area (Å²) >= 11 is 7.77. The van der Waals surface area contributed by atoms with Crippen molar-refractivity contribution in [2.45, 2.75) is 4.90 Å². The van der Waals surface area contributed by atoms with Crippen LogP contribution in [0.4, 0.5) is 10.7 Å². The zero-order valence-electron chi connectivity index (χ0n) is 14.3. The first-order valence-corrected chi connectivity index (χ1v) is 10.9. The Morgan fingerprint density at radius 1 is 1.25 bits per heavy atom. The van der Waals surface area contributed by atoms with E-state index in [1.807, 2.05) is 22.6 Å². The summed E-state index contributed by atoms with van der Waals surface area (Å²) in [5.74, 6) is -1.02. The second-order valence-electron chi connectivity index (χ2n) is 4.94. The highest BCUT2D eigenvalue weighted by atomic mass is 127. The molecular formula is C15H14ClIN4O6S. The number of nitrogens with zero attached hydrogens (tertiary/aromatic N) is 2. The van der Waals surface area contributed by atoms with Crippen molar-refractivity contribution < 1.29 is 27.5 Å². The van der Waals surface area contributed by atoms with Crippen LogP contribution in [0.5, 0.6) is 5.88 Å². The van der Waals surface area contributed by atoms with Gasteiger partial charge in [-0.05, 0) is 12.1 Å². The quantitative estimate of drug-likeness (QED) is 0.236. The molecule has 2 amide bonds. The standard InChI is InChI=1S/C15H14ClIN4O6S/c1-26-12-8-11(16)18-14(19-12)20-15(23)21-28(24,25)10-5-3-2-4-9(10)13(22)27-7-6-17/h2-5,8H,6-7H2,1H3,(H2,18,19,20,21,23). The zero-order chi connectivity index (χ0) is 20.7. The summed E-state index contributed by atoms with van der Waals surface area (Å²) in [5, 5.41) is 2.11. The first-order chi connectivity index (χ1) is 13.3. The molecule has 1 aromatic heterocycles. The predicted molar refractivity (Wildman–Crippen MR) is 109 cm³/mol. The number of carbonyl (C=O) groups is 2. The third-order valence-electron chi connectivity index (χ3n) is 3.04. The van der Waals surface area contributed by atoms with Crippen LogP contribution >= 0.6 is 34.2 Å². The number of alkyl halides is 1. The molecule has 0 atom stereocenters. The molecule has 0 saturated carbocycles. The molecule has 2 aromatic rings. The molecule has 1 aromatic carbocycles. The first kappa shape index (κ1) is 22.1. The number of ether oxygens (including phenoxy) is 2. The van der Waals surface area contributed by atoms with Gasteiger partial charge in [0.25, 0.3) is 10.0 Å². The molecule has 150 valence electrons. The lowest BCUT2D eigenvalue weighted by molar-refractivity contribution is 0.0528. The number of sulfonamides is 1. The number of nitrogens with one attached hydrogen (secondary N) is 2. The van der Waals surface area contributed by atoms with Gasteiger partial charge in [-0.2, -0.15) is 4.98 Å². The van der Waals surface area contributed by atoms with Crippen LogP contribution in [0.1, 0.15) is 10.4 Å². The minimum Gasteiger partial charge on any atom is -0.481 e. The van der Waals surface area contributed by atoms with Crippen LogP contribution < -0.4 is 14.8 Å². The van der Waals surface area contributed by atoms with Gasteiger partial charge >= 0.3 is 12.0 Å². The van der Waals surface area contributed by atoms with Gasteiger partial charge < -0.3 is 9.47 Å². The number of carbonyl (C=O) groups excluding carboxylic acids is 2. The van der Waals surface area contributed by atoms with E-state index in [2.05, 4.69) is 15.3 Å². The molecule has 2 rings (SSSR count). The minimum absolute atomic E-state index is 0.0200. The van der Waals surface area contributed by atoms with E-state index in [1.165, 1.54) is 37.4 Å². The van der Waals surface area contributed by atoms with Crippen molar-refractivity contribution in [3.63, 3.8) is 0 Å². The second-order valence-corrected chi connectivity index (χ2v) is 8.05. The maximum Gasteiger partial charge on any atom is 0.339 e. The van der Waals surface area contributed by atoms with E-state index in [0.29, 0.717) is 4.43 Å². The van der Waals surface area contributed by atoms with Gasteiger partial charge in [0, 0.05) is 10.5 Å². The second kappa shape index (κ2) is 9.84. The normalized spacial score (nSPS) is 10.8. The maximum atomic E-state index is 12.5. The van der Waals surface area contributed by atoms with Gasteiger partial charge in [-0.15, -0.1) is 0 Å². The molecule has 0 spiro atoms. The van der Waals surface area contributed by atoms with E-state index < -0.39 is 26.9 Å². The molecule has 0 unspecified atom stereocenters. The number of anilines is 1. The number of methoxy groups -OCH3 is 1. The third kappa shape index (κ3) is 5.90. The van der Waals surface area contributed by atoms with Crippen LogP contribution in [0.15, 0.2) is 35.2 Å². The van der Waals surface area contributed by atoms with Crippen molar-refractivity contribution in [2.75, 3.05) is 23.5 Å². The van der Waals surface area contributed by atoms with Crippen LogP contribution in [0.2, 0.25) is 5.15 Å². The summed E-state index contributed by atoms with van der Waals surface area (Å²) in [6, 6.07) is 5.50. The topological polar surface area (TPSA) is 137 Å². The fourth-order valence-electron chi connectivity index (χ4n) is 1.94. The zero-order valence-corrected chi connectivity index (χ0v) is 18.0. The summed E-state index contributed by atoms with van der Waals surface area (Å²) in [7, 11) is -3.06. The van der Waals surface area contributed by atoms with Crippen molar-refractivity contribution in [1.82, 2.24) is 14.7 Å². The molecule has 0 saturated heterocycles. The van der Waals surface area contributed by atoms with E-state index in [4.69, 9.17) is 21.1 Å². The lowest BCUT2D eigenvalue weighted by Gasteiger charge is -2.11. The minimum atomic E-state index is -4.39. The molecular weight excluding hydrogens is 527 g/mol. The fraction of sp³-hybridized carbons (Fsp3) is 0.200. The number of amides is 2. The molecule has 0 aliphatic heterocycles. The van der Waals surface area contributed by atoms with Gasteiger partial charge in [0.05, 0.1) is 12.7 Å². The highest BCUT2D eigenvalue weighted by Gasteiger charge is 2.25. The van der Waals surface area contributed by atoms with Gasteiger partial charge in [-0.1, -0.05) is 46.3 Å². The van der Waals surface area contributed by atoms with Crippen molar-refractivity contribution in [3.8, 4) is 5.88 Å². The van der Waals surface area contributed by atoms with Crippen LogP contribution in [-0.2, 0) is 14.8 Å². The number of hydrogen-bond acceptors (Lipinski definition) is 8. The Kier molecular flexibility index (Phi) is 7.77. The molecule has 0 aliphatic rings. The van der Waals surface area contributed by atoms with Crippen molar-refractivity contribution in [3.05, 3.63) is 41.0 Å². The van der Waals surface area contributed by atoms with Crippen LogP contribution in [0.3, 0.4) is 0 Å². The number of rotatable bonds is 7. The number of urea groups is 1. The smallest absolute Gasteiger partial charge is 0.339 e. The molecule has 28 heavy (non-hydrogen) atoms. The van der Waals surface area contributed by atoms with E-state index >= 15 is 0 Å². The number of esters is 1. The molecule has 13 heteroatoms. The van der Waals surface area contributed by atoms with Crippen molar-refractivity contribution in [1.29, 1.82) is 0 Å². The average molecular weight is 541 g/mol. The highest BCUT2D eigenvalue weighted by Crippen LogP contribution is 2.18. The van der Waals surface area contributed by atoms with E-state index in [1.54, 1.807) is 4.72 Å². The fourth-order valence-corrected chi connectivity index (χ4v) is 3.44. The van der Waals surface area contributed by atoms with Crippen molar-refractivity contribution >= 4 is 62.2 Å². The molecule has 1 heterocycles. The van der Waals surface area contributed by atoms with E-state index in [9.17, 15) is 18.0 Å². The van der Waals surface area contributed by atoms with E-state index in [0.717, 1.165) is 0 Å². The van der Waals surface area contributed by atoms with Crippen LogP contribution in [0.25, 0.3) is 0 Å². The Morgan fingerprint density at radius 3 is 2.64 bits per heavy atom. The molecule has 10 nitrogen and oxygen atoms in total. The Morgan fingerprint density at radius 2 is 1.96 bits per heavy atom. The van der Waals surface area contributed by atoms with Crippen LogP contribution in [0, 0.1) is 0 Å². The number of aromatic nitrogens is 2. The molecule has 0 fully saturated rings. The molecule has 2 N–H and O–H groups in total. The maximum absolute atomic E-state index is 12.5. The predicted octanol–water partition coefficient (Wildman–Crippen LogP) is 2.24. The molecule has 0 radical (unpaired) electrons. The highest BCUT2D eigenvalue weighted by molar-refractivity contribution is 14.1. The average Bonchev–Trinajstić information content (AvgIpc) is 2.65. The monoisotopic (exact) mass is 540 g/mol. The Hall–Kier alpha value is -2.19. The summed E-state index contributed by atoms with van der Waals surface area (Å²) < 4.78 is 37.3. The first-order valence-electron chi connectivity index (χ1n) is 7.51. The SMILES string of the molecule is COc1cc(Cl)nc(NC(=O)NS(=O)(=O)c2ccccc2C(=O)OCCI)n1. The van der Waals surface area contributed by atoms with Gasteiger partial charge in [0.15, 0.2) is 0 Å². The summed E-state index contributed by atoms with van der Waals surface area (Å²) in [6.45, 7) is 0.121. The van der Waals surface area contributed by atoms with E-state index in [-0.39, 0.29) is 29.2 Å². The molecule has 0 bridgehead atoms.